The van der Waals surface area contributed by atoms with Crippen molar-refractivity contribution in [3.63, 3.8) is 0 Å². The summed E-state index contributed by atoms with van der Waals surface area (Å²) < 4.78 is 66.6. The zero-order chi connectivity index (χ0) is 19.5. The third-order valence-corrected chi connectivity index (χ3v) is 6.06. The predicted molar refractivity (Wildman–Crippen MR) is 92.5 cm³/mol. The summed E-state index contributed by atoms with van der Waals surface area (Å²) in [6.07, 6.45) is 0.419. The van der Waals surface area contributed by atoms with E-state index in [0.29, 0.717) is 10.8 Å². The van der Waals surface area contributed by atoms with Crippen LogP contribution in [0.1, 0.15) is 11.3 Å². The van der Waals surface area contributed by atoms with Crippen molar-refractivity contribution in [2.45, 2.75) is 23.2 Å². The monoisotopic (exact) mass is 427 g/mol. The fourth-order valence-corrected chi connectivity index (χ4v) is 3.90. The van der Waals surface area contributed by atoms with E-state index in [9.17, 15) is 26.4 Å². The minimum atomic E-state index is -5.53. The number of sulfone groups is 1. The van der Waals surface area contributed by atoms with Crippen molar-refractivity contribution in [3.05, 3.63) is 39.5 Å². The SMILES string of the molecule is COc1ccc(S(=O)(=O)C(F)(F)F)cc1NC(=O)CCc1ccc(Cl)s1. The topological polar surface area (TPSA) is 72.5 Å². The van der Waals surface area contributed by atoms with Gasteiger partial charge in [-0.2, -0.15) is 13.2 Å². The van der Waals surface area contributed by atoms with E-state index in [1.54, 1.807) is 12.1 Å². The molecule has 0 aliphatic carbocycles. The maximum absolute atomic E-state index is 12.7. The molecule has 0 aliphatic rings. The highest BCUT2D eigenvalue weighted by molar-refractivity contribution is 7.92. The van der Waals surface area contributed by atoms with Crippen molar-refractivity contribution < 1.29 is 31.1 Å². The zero-order valence-electron chi connectivity index (χ0n) is 13.3. The van der Waals surface area contributed by atoms with Crippen LogP contribution in [0, 0.1) is 0 Å². The van der Waals surface area contributed by atoms with E-state index in [4.69, 9.17) is 16.3 Å². The van der Waals surface area contributed by atoms with Gasteiger partial charge in [0.15, 0.2) is 0 Å². The van der Waals surface area contributed by atoms with Gasteiger partial charge in [-0.3, -0.25) is 4.79 Å². The van der Waals surface area contributed by atoms with Gasteiger partial charge in [0.25, 0.3) is 9.84 Å². The molecule has 5 nitrogen and oxygen atoms in total. The maximum Gasteiger partial charge on any atom is 0.501 e. The van der Waals surface area contributed by atoms with Gasteiger partial charge < -0.3 is 10.1 Å². The smallest absolute Gasteiger partial charge is 0.495 e. The van der Waals surface area contributed by atoms with Gasteiger partial charge in [-0.15, -0.1) is 11.3 Å². The molecule has 142 valence electrons. The molecule has 0 bridgehead atoms. The number of methoxy groups -OCH3 is 1. The number of carbonyl (C=O) groups is 1. The van der Waals surface area contributed by atoms with E-state index in [2.05, 4.69) is 5.32 Å². The molecule has 0 spiro atoms. The van der Waals surface area contributed by atoms with Crippen LogP contribution in [0.5, 0.6) is 5.75 Å². The van der Waals surface area contributed by atoms with Crippen LogP contribution in [0.3, 0.4) is 0 Å². The lowest BCUT2D eigenvalue weighted by Crippen LogP contribution is -2.23. The Labute approximate surface area is 156 Å². The maximum atomic E-state index is 12.7. The number of benzene rings is 1. The Kier molecular flexibility index (Phi) is 6.20. The molecule has 0 atom stereocenters. The Hall–Kier alpha value is -1.78. The standard InChI is InChI=1S/C15H13ClF3NO4S2/c1-24-12-5-4-10(26(22,23)15(17,18)19)8-11(12)20-14(21)7-3-9-2-6-13(16)25-9/h2,4-6,8H,3,7H2,1H3,(H,20,21). The Balaban J connectivity index is 2.19. The van der Waals surface area contributed by atoms with Gasteiger partial charge >= 0.3 is 5.51 Å². The van der Waals surface area contributed by atoms with E-state index in [1.807, 2.05) is 0 Å². The Morgan fingerprint density at radius 3 is 2.50 bits per heavy atom. The number of ether oxygens (including phenoxy) is 1. The fourth-order valence-electron chi connectivity index (χ4n) is 2.02. The molecular weight excluding hydrogens is 415 g/mol. The third kappa shape index (κ3) is 4.68. The number of hydrogen-bond donors (Lipinski definition) is 1. The summed E-state index contributed by atoms with van der Waals surface area (Å²) in [5.74, 6) is -0.465. The van der Waals surface area contributed by atoms with Gasteiger partial charge in [-0.1, -0.05) is 11.6 Å². The molecule has 2 rings (SSSR count). The van der Waals surface area contributed by atoms with Crippen molar-refractivity contribution in [2.24, 2.45) is 0 Å². The van der Waals surface area contributed by atoms with Gasteiger partial charge in [0.2, 0.25) is 5.91 Å². The minimum Gasteiger partial charge on any atom is -0.495 e. The van der Waals surface area contributed by atoms with Crippen molar-refractivity contribution >= 4 is 44.4 Å². The van der Waals surface area contributed by atoms with Gasteiger partial charge in [-0.25, -0.2) is 8.42 Å². The largest absolute Gasteiger partial charge is 0.501 e. The molecule has 1 aromatic heterocycles. The number of carbonyl (C=O) groups excluding carboxylic acids is 1. The number of aryl methyl sites for hydroxylation is 1. The summed E-state index contributed by atoms with van der Waals surface area (Å²) in [6, 6.07) is 5.99. The van der Waals surface area contributed by atoms with Gasteiger partial charge in [-0.05, 0) is 36.8 Å². The second kappa shape index (κ2) is 7.85. The quantitative estimate of drug-likeness (QED) is 0.747. The normalized spacial score (nSPS) is 12.0. The average Bonchev–Trinajstić information content (AvgIpc) is 2.97. The number of nitrogens with one attached hydrogen (secondary N) is 1. The van der Waals surface area contributed by atoms with Crippen LogP contribution in [-0.4, -0.2) is 26.9 Å². The van der Waals surface area contributed by atoms with Gasteiger partial charge in [0.1, 0.15) is 5.75 Å². The van der Waals surface area contributed by atoms with Crippen LogP contribution >= 0.6 is 22.9 Å². The highest BCUT2D eigenvalue weighted by Crippen LogP contribution is 2.34. The summed E-state index contributed by atoms with van der Waals surface area (Å²) in [7, 11) is -4.29. The summed E-state index contributed by atoms with van der Waals surface area (Å²) >= 11 is 7.10. The first-order valence-corrected chi connectivity index (χ1v) is 9.76. The molecule has 0 radical (unpaired) electrons. The fraction of sp³-hybridized carbons (Fsp3) is 0.267. The first-order valence-electron chi connectivity index (χ1n) is 7.08. The van der Waals surface area contributed by atoms with Crippen LogP contribution in [0.25, 0.3) is 0 Å². The number of rotatable bonds is 6. The molecule has 0 unspecified atom stereocenters. The molecule has 1 heterocycles. The molecule has 1 amide bonds. The van der Waals surface area contributed by atoms with E-state index < -0.39 is 26.1 Å². The van der Waals surface area contributed by atoms with Crippen molar-refractivity contribution in [2.75, 3.05) is 12.4 Å². The van der Waals surface area contributed by atoms with E-state index >= 15 is 0 Å². The van der Waals surface area contributed by atoms with Crippen LogP contribution in [-0.2, 0) is 21.1 Å². The van der Waals surface area contributed by atoms with Gasteiger partial charge in [0, 0.05) is 11.3 Å². The lowest BCUT2D eigenvalue weighted by Gasteiger charge is -2.13. The van der Waals surface area contributed by atoms with Crippen molar-refractivity contribution in [3.8, 4) is 5.75 Å². The van der Waals surface area contributed by atoms with E-state index in [1.165, 1.54) is 18.4 Å². The molecule has 1 aromatic carbocycles. The summed E-state index contributed by atoms with van der Waals surface area (Å²) in [5, 5.41) is 2.38. The lowest BCUT2D eigenvalue weighted by atomic mass is 10.2. The Morgan fingerprint density at radius 1 is 1.27 bits per heavy atom. The summed E-state index contributed by atoms with van der Waals surface area (Å²) in [6.45, 7) is 0. The predicted octanol–water partition coefficient (Wildman–Crippen LogP) is 4.27. The molecule has 0 saturated heterocycles. The van der Waals surface area contributed by atoms with Gasteiger partial charge in [0.05, 0.1) is 22.0 Å². The third-order valence-electron chi connectivity index (χ3n) is 3.29. The first kappa shape index (κ1) is 20.5. The van der Waals surface area contributed by atoms with Crippen LogP contribution < -0.4 is 10.1 Å². The minimum absolute atomic E-state index is 0.0379. The molecule has 0 saturated carbocycles. The zero-order valence-corrected chi connectivity index (χ0v) is 15.7. The highest BCUT2D eigenvalue weighted by atomic mass is 35.5. The lowest BCUT2D eigenvalue weighted by molar-refractivity contribution is -0.116. The van der Waals surface area contributed by atoms with E-state index in [0.717, 1.165) is 23.1 Å². The molecule has 2 aromatic rings. The number of hydrogen-bond acceptors (Lipinski definition) is 5. The summed E-state index contributed by atoms with van der Waals surface area (Å²) in [4.78, 5) is 11.9. The molecule has 11 heteroatoms. The molecule has 0 aliphatic heterocycles. The van der Waals surface area contributed by atoms with Crippen LogP contribution in [0.2, 0.25) is 4.34 Å². The van der Waals surface area contributed by atoms with E-state index in [-0.39, 0.29) is 17.9 Å². The summed E-state index contributed by atoms with van der Waals surface area (Å²) in [5.41, 5.74) is -5.60. The number of alkyl halides is 3. The highest BCUT2D eigenvalue weighted by Gasteiger charge is 2.47. The second-order valence-corrected chi connectivity index (χ2v) is 8.81. The van der Waals surface area contributed by atoms with Crippen molar-refractivity contribution in [1.29, 1.82) is 0 Å². The number of thiophene rings is 1. The Morgan fingerprint density at radius 2 is 1.96 bits per heavy atom. The molecule has 0 fully saturated rings. The van der Waals surface area contributed by atoms with Crippen molar-refractivity contribution in [1.82, 2.24) is 0 Å². The average molecular weight is 428 g/mol. The first-order chi connectivity index (χ1) is 12.0. The van der Waals surface area contributed by atoms with Crippen LogP contribution in [0.4, 0.5) is 18.9 Å². The molecular formula is C15H13ClF3NO4S2. The number of halogens is 4. The number of amides is 1. The van der Waals surface area contributed by atoms with Crippen LogP contribution in [0.15, 0.2) is 35.2 Å². The second-order valence-electron chi connectivity index (χ2n) is 5.07. The number of anilines is 1. The molecule has 1 N–H and O–H groups in total. The molecule has 26 heavy (non-hydrogen) atoms. The Bertz CT molecular complexity index is 910.